The molecule has 0 aliphatic rings. The molecule has 1 heterocycles. The van der Waals surface area contributed by atoms with Crippen molar-refractivity contribution in [1.29, 1.82) is 0 Å². The molecule has 3 rings (SSSR count). The second-order valence-electron chi connectivity index (χ2n) is 5.13. The largest absolute Gasteiger partial charge is 0.483 e. The molecule has 0 saturated heterocycles. The molecule has 1 aromatic heterocycles. The van der Waals surface area contributed by atoms with Crippen LogP contribution < -0.4 is 10.1 Å². The highest BCUT2D eigenvalue weighted by Gasteiger charge is 2.07. The molecule has 6 nitrogen and oxygen atoms in total. The quantitative estimate of drug-likeness (QED) is 0.775. The monoisotopic (exact) mass is 296 g/mol. The number of carbonyl (C=O) groups excluding carboxylic acids is 1. The third-order valence-electron chi connectivity index (χ3n) is 3.29. The number of fused-ring (bicyclic) bond motifs is 1. The number of hydrogen-bond donors (Lipinski definition) is 2. The molecule has 112 valence electrons. The minimum absolute atomic E-state index is 0.0409. The number of rotatable bonds is 4. The van der Waals surface area contributed by atoms with Crippen molar-refractivity contribution in [2.75, 3.05) is 11.9 Å². The van der Waals surface area contributed by atoms with Gasteiger partial charge >= 0.3 is 0 Å². The molecule has 2 aromatic carbocycles. The van der Waals surface area contributed by atoms with Gasteiger partial charge in [-0.15, -0.1) is 0 Å². The molecular weight excluding hydrogens is 280 g/mol. The molecule has 0 spiro atoms. The first-order valence-electron chi connectivity index (χ1n) is 6.92. The minimum atomic E-state index is -0.220. The van der Waals surface area contributed by atoms with Gasteiger partial charge in [0.1, 0.15) is 16.8 Å². The predicted molar refractivity (Wildman–Crippen MR) is 83.9 cm³/mol. The topological polar surface area (TPSA) is 79.9 Å². The second-order valence-corrected chi connectivity index (χ2v) is 5.13. The van der Waals surface area contributed by atoms with Gasteiger partial charge in [-0.2, -0.15) is 15.4 Å². The van der Waals surface area contributed by atoms with Gasteiger partial charge in [-0.05, 0) is 43.7 Å². The Labute approximate surface area is 127 Å². The maximum absolute atomic E-state index is 12.0. The predicted octanol–water partition coefficient (Wildman–Crippen LogP) is 2.59. The molecule has 0 saturated carbocycles. The maximum atomic E-state index is 12.0. The number of hydrogen-bond acceptors (Lipinski definition) is 4. The third-order valence-corrected chi connectivity index (χ3v) is 3.29. The van der Waals surface area contributed by atoms with E-state index in [0.717, 1.165) is 16.6 Å². The maximum Gasteiger partial charge on any atom is 0.262 e. The van der Waals surface area contributed by atoms with Crippen molar-refractivity contribution in [2.45, 2.75) is 13.8 Å². The zero-order valence-corrected chi connectivity index (χ0v) is 12.4. The lowest BCUT2D eigenvalue weighted by Crippen LogP contribution is -2.20. The Balaban J connectivity index is 1.62. The number of amides is 1. The van der Waals surface area contributed by atoms with Gasteiger partial charge in [0, 0.05) is 5.69 Å². The Bertz CT molecular complexity index is 826. The van der Waals surface area contributed by atoms with E-state index in [0.29, 0.717) is 17.0 Å². The van der Waals surface area contributed by atoms with E-state index in [1.807, 2.05) is 32.0 Å². The summed E-state index contributed by atoms with van der Waals surface area (Å²) < 4.78 is 5.55. The SMILES string of the molecule is Cc1ccc(OCC(=O)Nc2ccc3n[nH]nc3c2)c(C)c1. The van der Waals surface area contributed by atoms with E-state index >= 15 is 0 Å². The van der Waals surface area contributed by atoms with Crippen LogP contribution >= 0.6 is 0 Å². The fourth-order valence-electron chi connectivity index (χ4n) is 2.22. The van der Waals surface area contributed by atoms with E-state index in [9.17, 15) is 4.79 Å². The fourth-order valence-corrected chi connectivity index (χ4v) is 2.22. The van der Waals surface area contributed by atoms with Crippen LogP contribution in [-0.2, 0) is 4.79 Å². The van der Waals surface area contributed by atoms with E-state index in [4.69, 9.17) is 4.74 Å². The lowest BCUT2D eigenvalue weighted by Gasteiger charge is -2.10. The Morgan fingerprint density at radius 3 is 2.77 bits per heavy atom. The van der Waals surface area contributed by atoms with E-state index in [1.165, 1.54) is 0 Å². The highest BCUT2D eigenvalue weighted by Crippen LogP contribution is 2.19. The van der Waals surface area contributed by atoms with Crippen molar-refractivity contribution in [3.8, 4) is 5.75 Å². The van der Waals surface area contributed by atoms with E-state index in [2.05, 4.69) is 20.7 Å². The molecule has 0 atom stereocenters. The molecule has 0 fully saturated rings. The van der Waals surface area contributed by atoms with Crippen molar-refractivity contribution in [2.24, 2.45) is 0 Å². The molecule has 0 radical (unpaired) electrons. The second kappa shape index (κ2) is 5.85. The van der Waals surface area contributed by atoms with Crippen LogP contribution in [0.3, 0.4) is 0 Å². The zero-order chi connectivity index (χ0) is 15.5. The first-order chi connectivity index (χ1) is 10.6. The summed E-state index contributed by atoms with van der Waals surface area (Å²) in [5.41, 5.74) is 4.29. The standard InChI is InChI=1S/C16H16N4O2/c1-10-3-6-15(11(2)7-10)22-9-16(21)17-12-4-5-13-14(8-12)19-20-18-13/h3-8H,9H2,1-2H3,(H,17,21)(H,18,19,20). The Morgan fingerprint density at radius 2 is 1.95 bits per heavy atom. The molecule has 6 heteroatoms. The van der Waals surface area contributed by atoms with E-state index in [-0.39, 0.29) is 12.5 Å². The van der Waals surface area contributed by atoms with Gasteiger partial charge in [0.15, 0.2) is 6.61 Å². The molecule has 0 unspecified atom stereocenters. The first kappa shape index (κ1) is 14.1. The lowest BCUT2D eigenvalue weighted by atomic mass is 10.1. The summed E-state index contributed by atoms with van der Waals surface area (Å²) in [5, 5.41) is 13.3. The van der Waals surface area contributed by atoms with Gasteiger partial charge in [-0.1, -0.05) is 17.7 Å². The fraction of sp³-hybridized carbons (Fsp3) is 0.188. The van der Waals surface area contributed by atoms with Crippen LogP contribution in [0.15, 0.2) is 36.4 Å². The third kappa shape index (κ3) is 3.06. The van der Waals surface area contributed by atoms with Gasteiger partial charge in [0.2, 0.25) is 0 Å². The van der Waals surface area contributed by atoms with Crippen molar-refractivity contribution in [3.63, 3.8) is 0 Å². The molecule has 3 aromatic rings. The first-order valence-corrected chi connectivity index (χ1v) is 6.92. The van der Waals surface area contributed by atoms with Crippen LogP contribution in [0.1, 0.15) is 11.1 Å². The van der Waals surface area contributed by atoms with Gasteiger partial charge in [-0.3, -0.25) is 4.79 Å². The van der Waals surface area contributed by atoms with E-state index < -0.39 is 0 Å². The molecule has 0 aliphatic heterocycles. The number of carbonyl (C=O) groups is 1. The smallest absolute Gasteiger partial charge is 0.262 e. The summed E-state index contributed by atoms with van der Waals surface area (Å²) in [5.74, 6) is 0.496. The highest BCUT2D eigenvalue weighted by molar-refractivity contribution is 5.93. The minimum Gasteiger partial charge on any atom is -0.483 e. The van der Waals surface area contributed by atoms with Gasteiger partial charge in [-0.25, -0.2) is 0 Å². The Hall–Kier alpha value is -2.89. The highest BCUT2D eigenvalue weighted by atomic mass is 16.5. The molecule has 1 amide bonds. The molecule has 22 heavy (non-hydrogen) atoms. The molecule has 0 aliphatic carbocycles. The number of anilines is 1. The van der Waals surface area contributed by atoms with Crippen LogP contribution in [0.2, 0.25) is 0 Å². The van der Waals surface area contributed by atoms with Crippen LogP contribution in [0.5, 0.6) is 5.75 Å². The van der Waals surface area contributed by atoms with Crippen molar-refractivity contribution >= 4 is 22.6 Å². The van der Waals surface area contributed by atoms with Crippen molar-refractivity contribution in [3.05, 3.63) is 47.5 Å². The van der Waals surface area contributed by atoms with Crippen LogP contribution in [0, 0.1) is 13.8 Å². The average molecular weight is 296 g/mol. The van der Waals surface area contributed by atoms with Crippen molar-refractivity contribution < 1.29 is 9.53 Å². The summed E-state index contributed by atoms with van der Waals surface area (Å²) in [7, 11) is 0. The number of aryl methyl sites for hydroxylation is 2. The number of ether oxygens (including phenoxy) is 1. The molecule has 2 N–H and O–H groups in total. The van der Waals surface area contributed by atoms with Crippen molar-refractivity contribution in [1.82, 2.24) is 15.4 Å². The summed E-state index contributed by atoms with van der Waals surface area (Å²) in [6, 6.07) is 11.2. The zero-order valence-electron chi connectivity index (χ0n) is 12.4. The Kier molecular flexibility index (Phi) is 3.74. The number of benzene rings is 2. The summed E-state index contributed by atoms with van der Waals surface area (Å²) >= 11 is 0. The van der Waals surface area contributed by atoms with Crippen LogP contribution in [0.25, 0.3) is 11.0 Å². The van der Waals surface area contributed by atoms with E-state index in [1.54, 1.807) is 18.2 Å². The van der Waals surface area contributed by atoms with Crippen LogP contribution in [0.4, 0.5) is 5.69 Å². The van der Waals surface area contributed by atoms with Gasteiger partial charge < -0.3 is 10.1 Å². The summed E-state index contributed by atoms with van der Waals surface area (Å²) in [6.45, 7) is 3.93. The molecular formula is C16H16N4O2. The summed E-state index contributed by atoms with van der Waals surface area (Å²) in [4.78, 5) is 12.0. The number of nitrogens with one attached hydrogen (secondary N) is 2. The van der Waals surface area contributed by atoms with Gasteiger partial charge in [0.05, 0.1) is 0 Å². The number of nitrogens with zero attached hydrogens (tertiary/aromatic N) is 2. The number of aromatic nitrogens is 3. The van der Waals surface area contributed by atoms with Crippen LogP contribution in [-0.4, -0.2) is 27.9 Å². The lowest BCUT2D eigenvalue weighted by molar-refractivity contribution is -0.118. The summed E-state index contributed by atoms with van der Waals surface area (Å²) in [6.07, 6.45) is 0. The number of H-pyrrole nitrogens is 1. The Morgan fingerprint density at radius 1 is 1.14 bits per heavy atom. The average Bonchev–Trinajstić information content (AvgIpc) is 2.94. The van der Waals surface area contributed by atoms with Gasteiger partial charge in [0.25, 0.3) is 5.91 Å². The number of aromatic amines is 1. The molecule has 0 bridgehead atoms. The normalized spacial score (nSPS) is 10.6.